The van der Waals surface area contributed by atoms with Gasteiger partial charge >= 0.3 is 18.2 Å². The van der Waals surface area contributed by atoms with E-state index in [9.17, 15) is 32.3 Å². The lowest BCUT2D eigenvalue weighted by Crippen LogP contribution is -2.54. The average molecular weight is 673 g/mol. The van der Waals surface area contributed by atoms with Gasteiger partial charge in [-0.2, -0.15) is 13.2 Å². The molecule has 0 bridgehead atoms. The topological polar surface area (TPSA) is 92.8 Å². The van der Waals surface area contributed by atoms with E-state index in [0.717, 1.165) is 24.3 Å². The van der Waals surface area contributed by atoms with Crippen molar-refractivity contribution in [3.8, 4) is 5.75 Å². The molecule has 1 N–H and O–H groups in total. The van der Waals surface area contributed by atoms with E-state index in [1.165, 1.54) is 30.3 Å². The van der Waals surface area contributed by atoms with Gasteiger partial charge in [0.2, 0.25) is 0 Å². The Morgan fingerprint density at radius 1 is 1.00 bits per heavy atom. The molecule has 1 aliphatic rings. The predicted molar refractivity (Wildman–Crippen MR) is 139 cm³/mol. The van der Waals surface area contributed by atoms with Crippen molar-refractivity contribution in [2.24, 2.45) is 0 Å². The normalized spacial score (nSPS) is 15.1. The summed E-state index contributed by atoms with van der Waals surface area (Å²) in [6, 6.07) is 11.1. The van der Waals surface area contributed by atoms with Crippen LogP contribution >= 0.6 is 43.5 Å². The highest BCUT2D eigenvalue weighted by Crippen LogP contribution is 2.36. The Bertz CT molecular complexity index is 1520. The van der Waals surface area contributed by atoms with Gasteiger partial charge in [-0.15, -0.1) is 0 Å². The van der Waals surface area contributed by atoms with Crippen molar-refractivity contribution in [1.29, 1.82) is 0 Å². The molecule has 1 saturated heterocycles. The molecule has 0 unspecified atom stereocenters. The predicted octanol–water partition coefficient (Wildman–Crippen LogP) is 6.77. The maximum atomic E-state index is 13.2. The molecule has 1 fully saturated rings. The van der Waals surface area contributed by atoms with Crippen molar-refractivity contribution in [3.63, 3.8) is 0 Å². The van der Waals surface area contributed by atoms with Gasteiger partial charge < -0.3 is 4.74 Å². The Morgan fingerprint density at radius 3 is 2.34 bits per heavy atom. The number of benzene rings is 3. The number of nitrogens with one attached hydrogen (secondary N) is 1. The Morgan fingerprint density at radius 2 is 1.68 bits per heavy atom. The van der Waals surface area contributed by atoms with Crippen LogP contribution in [0.15, 0.2) is 75.2 Å². The molecule has 194 valence electrons. The SMILES string of the molecule is O=C1NC(=O)N(c2cccc(C(F)(F)F)c2)C(=O)/C1=C\c1cc(Br)cc(Br)c1OC(=O)c1ccc(Cl)cc1. The molecule has 0 atom stereocenters. The number of amides is 4. The molecule has 4 amide bonds. The lowest BCUT2D eigenvalue weighted by atomic mass is 10.1. The smallest absolute Gasteiger partial charge is 0.416 e. The van der Waals surface area contributed by atoms with Crippen LogP contribution in [0.4, 0.5) is 23.7 Å². The van der Waals surface area contributed by atoms with Crippen molar-refractivity contribution in [1.82, 2.24) is 5.32 Å². The van der Waals surface area contributed by atoms with Gasteiger partial charge in [-0.05, 0) is 76.6 Å². The van der Waals surface area contributed by atoms with Crippen LogP contribution in [-0.4, -0.2) is 23.8 Å². The number of carbonyl (C=O) groups is 4. The van der Waals surface area contributed by atoms with Crippen molar-refractivity contribution in [2.45, 2.75) is 6.18 Å². The zero-order chi connectivity index (χ0) is 27.8. The first-order valence-corrected chi connectivity index (χ1v) is 12.4. The number of hydrogen-bond acceptors (Lipinski definition) is 5. The van der Waals surface area contributed by atoms with Gasteiger partial charge in [0, 0.05) is 15.1 Å². The Labute approximate surface area is 234 Å². The molecule has 13 heteroatoms. The van der Waals surface area contributed by atoms with Crippen LogP contribution in [0.3, 0.4) is 0 Å². The number of carbonyl (C=O) groups excluding carboxylic acids is 4. The number of alkyl halides is 3. The monoisotopic (exact) mass is 670 g/mol. The summed E-state index contributed by atoms with van der Waals surface area (Å²) < 4.78 is 45.8. The number of nitrogens with zero attached hydrogens (tertiary/aromatic N) is 1. The molecular formula is C25H12Br2ClF3N2O5. The van der Waals surface area contributed by atoms with E-state index in [2.05, 4.69) is 31.9 Å². The Hall–Kier alpha value is -3.48. The molecule has 0 radical (unpaired) electrons. The summed E-state index contributed by atoms with van der Waals surface area (Å²) >= 11 is 12.4. The molecule has 1 heterocycles. The standard InChI is InChI=1S/C25H12Br2ClF3N2O5/c26-15-8-13(20(19(27)11-15)38-23(36)12-4-6-16(28)7-5-12)9-18-21(34)32-24(37)33(22(18)35)17-3-1-2-14(10-17)25(29,30)31/h1-11H,(H,32,34,37)/b18-9-. The third-order valence-electron chi connectivity index (χ3n) is 5.14. The molecule has 3 aromatic rings. The summed E-state index contributed by atoms with van der Waals surface area (Å²) in [4.78, 5) is 51.4. The van der Waals surface area contributed by atoms with Gasteiger partial charge in [-0.25, -0.2) is 14.5 Å². The van der Waals surface area contributed by atoms with Crippen LogP contribution in [0.5, 0.6) is 5.75 Å². The van der Waals surface area contributed by atoms with Crippen LogP contribution in [0, 0.1) is 0 Å². The van der Waals surface area contributed by atoms with Crippen LogP contribution < -0.4 is 15.0 Å². The second-order valence-corrected chi connectivity index (χ2v) is 9.91. The molecule has 0 spiro atoms. The Balaban J connectivity index is 1.75. The van der Waals surface area contributed by atoms with E-state index in [1.807, 2.05) is 5.32 Å². The molecule has 3 aromatic carbocycles. The highest BCUT2D eigenvalue weighted by molar-refractivity contribution is 9.11. The van der Waals surface area contributed by atoms with Gasteiger partial charge in [0.05, 0.1) is 21.3 Å². The maximum Gasteiger partial charge on any atom is 0.416 e. The number of barbiturate groups is 1. The van der Waals surface area contributed by atoms with Gasteiger partial charge in [-0.1, -0.05) is 33.6 Å². The molecule has 4 rings (SSSR count). The lowest BCUT2D eigenvalue weighted by Gasteiger charge is -2.27. The second-order valence-electron chi connectivity index (χ2n) is 7.71. The Kier molecular flexibility index (Phi) is 7.77. The molecule has 0 saturated carbocycles. The van der Waals surface area contributed by atoms with Gasteiger partial charge in [-0.3, -0.25) is 14.9 Å². The lowest BCUT2D eigenvalue weighted by molar-refractivity contribution is -0.137. The number of ether oxygens (including phenoxy) is 1. The van der Waals surface area contributed by atoms with Crippen molar-refractivity contribution >= 4 is 79.0 Å². The molecule has 38 heavy (non-hydrogen) atoms. The van der Waals surface area contributed by atoms with Crippen molar-refractivity contribution in [2.75, 3.05) is 4.90 Å². The third-order valence-corrected chi connectivity index (χ3v) is 6.44. The van der Waals surface area contributed by atoms with E-state index in [4.69, 9.17) is 16.3 Å². The van der Waals surface area contributed by atoms with E-state index >= 15 is 0 Å². The van der Waals surface area contributed by atoms with E-state index < -0.39 is 46.8 Å². The number of halogens is 6. The van der Waals surface area contributed by atoms with Gasteiger partial charge in [0.1, 0.15) is 5.57 Å². The molecule has 0 aliphatic carbocycles. The summed E-state index contributed by atoms with van der Waals surface area (Å²) in [6.45, 7) is 0. The summed E-state index contributed by atoms with van der Waals surface area (Å²) in [5.41, 5.74) is -1.84. The molecule has 0 aromatic heterocycles. The fourth-order valence-electron chi connectivity index (χ4n) is 3.40. The minimum Gasteiger partial charge on any atom is -0.421 e. The number of rotatable bonds is 4. The van der Waals surface area contributed by atoms with Gasteiger partial charge in [0.15, 0.2) is 5.75 Å². The van der Waals surface area contributed by atoms with Gasteiger partial charge in [0.25, 0.3) is 11.8 Å². The highest BCUT2D eigenvalue weighted by Gasteiger charge is 2.38. The minimum atomic E-state index is -4.73. The minimum absolute atomic E-state index is 0.0660. The van der Waals surface area contributed by atoms with Crippen LogP contribution in [0.1, 0.15) is 21.5 Å². The summed E-state index contributed by atoms with van der Waals surface area (Å²) in [5.74, 6) is -3.10. The first-order valence-electron chi connectivity index (χ1n) is 10.4. The number of anilines is 1. The fourth-order valence-corrected chi connectivity index (χ4v) is 4.87. The largest absolute Gasteiger partial charge is 0.421 e. The first kappa shape index (κ1) is 27.6. The quantitative estimate of drug-likeness (QED) is 0.143. The van der Waals surface area contributed by atoms with E-state index in [0.29, 0.717) is 20.5 Å². The van der Waals surface area contributed by atoms with Crippen LogP contribution in [0.25, 0.3) is 6.08 Å². The first-order chi connectivity index (χ1) is 17.8. The van der Waals surface area contributed by atoms with E-state index in [1.54, 1.807) is 6.07 Å². The zero-order valence-corrected chi connectivity index (χ0v) is 22.5. The highest BCUT2D eigenvalue weighted by atomic mass is 79.9. The maximum absolute atomic E-state index is 13.2. The fraction of sp³-hybridized carbons (Fsp3) is 0.0400. The van der Waals surface area contributed by atoms with E-state index in [-0.39, 0.29) is 21.3 Å². The number of urea groups is 1. The average Bonchev–Trinajstić information content (AvgIpc) is 2.83. The molecular weight excluding hydrogens is 661 g/mol. The summed E-state index contributed by atoms with van der Waals surface area (Å²) in [7, 11) is 0. The molecule has 7 nitrogen and oxygen atoms in total. The van der Waals surface area contributed by atoms with Crippen molar-refractivity contribution < 1.29 is 37.1 Å². The number of esters is 1. The second kappa shape index (κ2) is 10.7. The molecule has 1 aliphatic heterocycles. The number of imide groups is 2. The van der Waals surface area contributed by atoms with Crippen LogP contribution in [0.2, 0.25) is 5.02 Å². The van der Waals surface area contributed by atoms with Crippen LogP contribution in [-0.2, 0) is 15.8 Å². The van der Waals surface area contributed by atoms with Crippen molar-refractivity contribution in [3.05, 3.63) is 96.9 Å². The summed E-state index contributed by atoms with van der Waals surface area (Å²) in [6.07, 6.45) is -3.67. The number of hydrogen-bond donors (Lipinski definition) is 1. The third kappa shape index (κ3) is 5.82. The summed E-state index contributed by atoms with van der Waals surface area (Å²) in [5, 5.41) is 2.34. The zero-order valence-electron chi connectivity index (χ0n) is 18.6.